The topological polar surface area (TPSA) is 44.4 Å². The molecule has 0 radical (unpaired) electrons. The Morgan fingerprint density at radius 3 is 2.85 bits per heavy atom. The van der Waals surface area contributed by atoms with Gasteiger partial charge in [-0.05, 0) is 62.0 Å². The average Bonchev–Trinajstić information content (AvgIpc) is 3.47. The van der Waals surface area contributed by atoms with Crippen molar-refractivity contribution in [3.63, 3.8) is 0 Å². The Kier molecular flexibility index (Phi) is 5.91. The van der Waals surface area contributed by atoms with Crippen LogP contribution in [0.25, 0.3) is 0 Å². The van der Waals surface area contributed by atoms with Crippen LogP contribution in [0.3, 0.4) is 0 Å². The van der Waals surface area contributed by atoms with E-state index in [1.54, 1.807) is 0 Å². The van der Waals surface area contributed by atoms with E-state index in [1.165, 1.54) is 37.9 Å². The van der Waals surface area contributed by atoms with Gasteiger partial charge >= 0.3 is 0 Å². The molecule has 1 aromatic carbocycles. The lowest BCUT2D eigenvalue weighted by Crippen LogP contribution is -2.55. The fourth-order valence-electron chi connectivity index (χ4n) is 4.73. The highest BCUT2D eigenvalue weighted by atomic mass is 16.1. The summed E-state index contributed by atoms with van der Waals surface area (Å²) in [6.45, 7) is 5.52. The van der Waals surface area contributed by atoms with E-state index in [1.807, 2.05) is 0 Å². The molecule has 142 valence electrons. The molecule has 1 amide bonds. The number of nitrogens with zero attached hydrogens (tertiary/aromatic N) is 1. The highest BCUT2D eigenvalue weighted by Crippen LogP contribution is 2.31. The maximum Gasteiger partial charge on any atom is 0.220 e. The lowest BCUT2D eigenvalue weighted by atomic mass is 9.79. The van der Waals surface area contributed by atoms with Crippen LogP contribution < -0.4 is 10.6 Å². The van der Waals surface area contributed by atoms with Crippen LogP contribution in [0.15, 0.2) is 30.3 Å². The molecule has 2 N–H and O–H groups in total. The number of hydrogen-bond donors (Lipinski definition) is 2. The second kappa shape index (κ2) is 8.53. The van der Waals surface area contributed by atoms with Gasteiger partial charge in [0.05, 0.1) is 0 Å². The van der Waals surface area contributed by atoms with E-state index in [9.17, 15) is 4.79 Å². The molecule has 4 rings (SSSR count). The van der Waals surface area contributed by atoms with Crippen LogP contribution in [0.1, 0.15) is 44.1 Å². The minimum atomic E-state index is 0.250. The third kappa shape index (κ3) is 5.08. The van der Waals surface area contributed by atoms with E-state index in [4.69, 9.17) is 0 Å². The summed E-state index contributed by atoms with van der Waals surface area (Å²) in [4.78, 5) is 14.6. The first-order chi connectivity index (χ1) is 12.8. The van der Waals surface area contributed by atoms with Gasteiger partial charge in [0.2, 0.25) is 5.91 Å². The molecule has 1 aliphatic carbocycles. The Morgan fingerprint density at radius 2 is 2.04 bits per heavy atom. The average molecular weight is 356 g/mol. The smallest absolute Gasteiger partial charge is 0.220 e. The molecule has 0 spiro atoms. The first kappa shape index (κ1) is 18.0. The van der Waals surface area contributed by atoms with Crippen molar-refractivity contribution in [3.8, 4) is 0 Å². The minimum Gasteiger partial charge on any atom is -0.356 e. The molecule has 3 atom stereocenters. The summed E-state index contributed by atoms with van der Waals surface area (Å²) in [6.07, 6.45) is 6.79. The monoisotopic (exact) mass is 355 g/mol. The van der Waals surface area contributed by atoms with Gasteiger partial charge in [-0.15, -0.1) is 0 Å². The molecular weight excluding hydrogens is 322 g/mol. The summed E-state index contributed by atoms with van der Waals surface area (Å²) in [5.41, 5.74) is 1.42. The van der Waals surface area contributed by atoms with Crippen molar-refractivity contribution in [2.75, 3.05) is 26.2 Å². The number of rotatable bonds is 8. The largest absolute Gasteiger partial charge is 0.356 e. The van der Waals surface area contributed by atoms with Crippen molar-refractivity contribution < 1.29 is 4.79 Å². The Bertz CT molecular complexity index is 586. The van der Waals surface area contributed by atoms with Gasteiger partial charge in [-0.3, -0.25) is 9.69 Å². The Hall–Kier alpha value is -1.39. The van der Waals surface area contributed by atoms with Gasteiger partial charge in [-0.2, -0.15) is 0 Å². The van der Waals surface area contributed by atoms with Crippen molar-refractivity contribution in [1.82, 2.24) is 15.5 Å². The number of piperidine rings is 2. The second-order valence-electron chi connectivity index (χ2n) is 8.70. The summed E-state index contributed by atoms with van der Waals surface area (Å²) < 4.78 is 0. The molecule has 2 bridgehead atoms. The molecule has 0 unspecified atom stereocenters. The van der Waals surface area contributed by atoms with Crippen LogP contribution in [-0.4, -0.2) is 43.0 Å². The highest BCUT2D eigenvalue weighted by Gasteiger charge is 2.36. The number of benzene rings is 1. The predicted octanol–water partition coefficient (Wildman–Crippen LogP) is 2.79. The van der Waals surface area contributed by atoms with E-state index >= 15 is 0 Å². The molecule has 0 aromatic heterocycles. The summed E-state index contributed by atoms with van der Waals surface area (Å²) in [5, 5.41) is 6.87. The van der Waals surface area contributed by atoms with Gasteiger partial charge in [-0.25, -0.2) is 0 Å². The van der Waals surface area contributed by atoms with E-state index < -0.39 is 0 Å². The molecule has 3 aliphatic rings. The quantitative estimate of drug-likeness (QED) is 0.754. The number of carbonyl (C=O) groups is 1. The van der Waals surface area contributed by atoms with Crippen LogP contribution in [0, 0.1) is 17.8 Å². The van der Waals surface area contributed by atoms with Crippen molar-refractivity contribution in [3.05, 3.63) is 35.9 Å². The summed E-state index contributed by atoms with van der Waals surface area (Å²) in [6, 6.07) is 11.4. The zero-order valence-corrected chi connectivity index (χ0v) is 15.8. The normalized spacial score (nSPS) is 28.7. The maximum atomic E-state index is 11.9. The lowest BCUT2D eigenvalue weighted by Gasteiger charge is -2.46. The third-order valence-electron chi connectivity index (χ3n) is 6.34. The van der Waals surface area contributed by atoms with Crippen LogP contribution in [-0.2, 0) is 11.3 Å². The van der Waals surface area contributed by atoms with Gasteiger partial charge in [-0.1, -0.05) is 30.3 Å². The zero-order valence-electron chi connectivity index (χ0n) is 15.8. The maximum absolute atomic E-state index is 11.9. The number of amides is 1. The molecule has 2 heterocycles. The molecule has 4 heteroatoms. The Morgan fingerprint density at radius 1 is 1.19 bits per heavy atom. The van der Waals surface area contributed by atoms with Gasteiger partial charge in [0.1, 0.15) is 0 Å². The van der Waals surface area contributed by atoms with Crippen molar-refractivity contribution >= 4 is 5.91 Å². The molecule has 3 fully saturated rings. The fraction of sp³-hybridized carbons (Fsp3) is 0.682. The summed E-state index contributed by atoms with van der Waals surface area (Å²) in [5.74, 6) is 2.55. The predicted molar refractivity (Wildman–Crippen MR) is 105 cm³/mol. The molecule has 2 aliphatic heterocycles. The molecule has 4 nitrogen and oxygen atoms in total. The van der Waals surface area contributed by atoms with Crippen molar-refractivity contribution in [1.29, 1.82) is 0 Å². The third-order valence-corrected chi connectivity index (χ3v) is 6.34. The highest BCUT2D eigenvalue weighted by molar-refractivity contribution is 5.75. The zero-order chi connectivity index (χ0) is 17.8. The van der Waals surface area contributed by atoms with Gasteiger partial charge in [0, 0.05) is 38.6 Å². The first-order valence-corrected chi connectivity index (χ1v) is 10.5. The molecule has 26 heavy (non-hydrogen) atoms. The van der Waals surface area contributed by atoms with Crippen LogP contribution in [0.2, 0.25) is 0 Å². The number of carbonyl (C=O) groups excluding carboxylic acids is 1. The SMILES string of the molecule is O=C(CCC[C@H]1NC[C@@H]2C[C@H]1CN(Cc1ccccc1)C2)NCC1CC1. The summed E-state index contributed by atoms with van der Waals surface area (Å²) in [7, 11) is 0. The Balaban J connectivity index is 1.21. The van der Waals surface area contributed by atoms with Gasteiger partial charge < -0.3 is 10.6 Å². The molecule has 1 aromatic rings. The second-order valence-corrected chi connectivity index (χ2v) is 8.70. The fourth-order valence-corrected chi connectivity index (χ4v) is 4.73. The van der Waals surface area contributed by atoms with Gasteiger partial charge in [0.25, 0.3) is 0 Å². The van der Waals surface area contributed by atoms with Gasteiger partial charge in [0.15, 0.2) is 0 Å². The minimum absolute atomic E-state index is 0.250. The standard InChI is InChI=1S/C22H33N3O/c26-22(24-12-17-9-10-17)8-4-7-21-20-11-19(13-23-21)15-25(16-20)14-18-5-2-1-3-6-18/h1-3,5-6,17,19-21,23H,4,7-16H2,(H,24,26)/t19-,20-,21+/m0/s1. The molecule has 1 saturated carbocycles. The molecular formula is C22H33N3O. The molecule has 2 saturated heterocycles. The first-order valence-electron chi connectivity index (χ1n) is 10.5. The van der Waals surface area contributed by atoms with Crippen LogP contribution >= 0.6 is 0 Å². The number of likely N-dealkylation sites (tertiary alicyclic amines) is 1. The Labute approximate surface area is 157 Å². The van der Waals surface area contributed by atoms with E-state index in [0.717, 1.165) is 50.2 Å². The van der Waals surface area contributed by atoms with Crippen LogP contribution in [0.4, 0.5) is 0 Å². The van der Waals surface area contributed by atoms with E-state index in [-0.39, 0.29) is 5.91 Å². The number of nitrogens with one attached hydrogen (secondary N) is 2. The van der Waals surface area contributed by atoms with Crippen LogP contribution in [0.5, 0.6) is 0 Å². The van der Waals surface area contributed by atoms with E-state index in [2.05, 4.69) is 45.9 Å². The number of fused-ring (bicyclic) bond motifs is 2. The number of hydrogen-bond acceptors (Lipinski definition) is 3. The lowest BCUT2D eigenvalue weighted by molar-refractivity contribution is -0.121. The van der Waals surface area contributed by atoms with Crippen molar-refractivity contribution in [2.45, 2.75) is 51.1 Å². The van der Waals surface area contributed by atoms with E-state index in [0.29, 0.717) is 12.5 Å². The summed E-state index contributed by atoms with van der Waals surface area (Å²) >= 11 is 0. The van der Waals surface area contributed by atoms with Crippen molar-refractivity contribution in [2.24, 2.45) is 17.8 Å².